The highest BCUT2D eigenvalue weighted by Gasteiger charge is 2.40. The number of nitrogens with one attached hydrogen (secondary N) is 1. The van der Waals surface area contributed by atoms with Gasteiger partial charge in [0.25, 0.3) is 0 Å². The number of rotatable bonds is 2. The summed E-state index contributed by atoms with van der Waals surface area (Å²) in [4.78, 5) is 14.2. The molecule has 2 atom stereocenters. The molecule has 3 heterocycles. The van der Waals surface area contributed by atoms with E-state index in [1.54, 1.807) is 22.5 Å². The zero-order valence-electron chi connectivity index (χ0n) is 13.9. The van der Waals surface area contributed by atoms with Gasteiger partial charge in [-0.2, -0.15) is 4.31 Å². The molecule has 7 heteroatoms. The molecule has 0 aromatic heterocycles. The van der Waals surface area contributed by atoms with E-state index in [2.05, 4.69) is 10.2 Å². The summed E-state index contributed by atoms with van der Waals surface area (Å²) in [5, 5.41) is 2.80. The van der Waals surface area contributed by atoms with Crippen molar-refractivity contribution in [3.8, 4) is 0 Å². The van der Waals surface area contributed by atoms with Crippen LogP contribution in [0, 0.1) is 0 Å². The van der Waals surface area contributed by atoms with Gasteiger partial charge in [-0.3, -0.25) is 9.69 Å². The fourth-order valence-corrected chi connectivity index (χ4v) is 5.86. The van der Waals surface area contributed by atoms with Gasteiger partial charge in [0, 0.05) is 37.3 Å². The molecule has 0 spiro atoms. The molecule has 1 aromatic rings. The average molecular weight is 349 g/mol. The number of aryl methyl sites for hydroxylation is 1. The molecule has 4 rings (SSSR count). The minimum Gasteiger partial charge on any atom is -0.326 e. The molecule has 3 aliphatic rings. The Balaban J connectivity index is 1.64. The molecule has 2 saturated heterocycles. The number of carbonyl (C=O) groups is 1. The molecule has 0 unspecified atom stereocenters. The highest BCUT2D eigenvalue weighted by atomic mass is 32.2. The Morgan fingerprint density at radius 2 is 2.04 bits per heavy atom. The first-order valence-electron chi connectivity index (χ1n) is 8.64. The standard InChI is InChI=1S/C17H23N3O3S/c1-12-10-19-8-2-3-14(19)11-20(12)24(22,23)15-5-6-16-13(9-15)4-7-17(21)18-16/h5-6,9,12,14H,2-4,7-8,10-11H2,1H3,(H,18,21)/t12-,14+/m0/s1. The van der Waals surface area contributed by atoms with Crippen LogP contribution in [0.3, 0.4) is 0 Å². The van der Waals surface area contributed by atoms with E-state index >= 15 is 0 Å². The predicted octanol–water partition coefficient (Wildman–Crippen LogP) is 1.43. The van der Waals surface area contributed by atoms with Crippen LogP contribution >= 0.6 is 0 Å². The number of piperazine rings is 1. The van der Waals surface area contributed by atoms with Crippen LogP contribution in [-0.2, 0) is 21.2 Å². The molecular weight excluding hydrogens is 326 g/mol. The third-order valence-electron chi connectivity index (χ3n) is 5.46. The Hall–Kier alpha value is -1.44. The highest BCUT2D eigenvalue weighted by Crippen LogP contribution is 2.31. The van der Waals surface area contributed by atoms with Crippen molar-refractivity contribution in [2.24, 2.45) is 0 Å². The molecule has 1 aromatic carbocycles. The smallest absolute Gasteiger partial charge is 0.243 e. The monoisotopic (exact) mass is 349 g/mol. The second-order valence-corrected chi connectivity index (χ2v) is 8.97. The van der Waals surface area contributed by atoms with Crippen molar-refractivity contribution < 1.29 is 13.2 Å². The second kappa shape index (κ2) is 5.82. The zero-order chi connectivity index (χ0) is 16.9. The Morgan fingerprint density at radius 3 is 2.88 bits per heavy atom. The summed E-state index contributed by atoms with van der Waals surface area (Å²) >= 11 is 0. The second-order valence-electron chi connectivity index (χ2n) is 7.08. The molecule has 3 aliphatic heterocycles. The molecular formula is C17H23N3O3S. The lowest BCUT2D eigenvalue weighted by molar-refractivity contribution is -0.116. The van der Waals surface area contributed by atoms with Gasteiger partial charge in [-0.1, -0.05) is 0 Å². The average Bonchev–Trinajstić information content (AvgIpc) is 3.00. The lowest BCUT2D eigenvalue weighted by Crippen LogP contribution is -2.56. The van der Waals surface area contributed by atoms with Gasteiger partial charge in [0.05, 0.1) is 4.90 Å². The number of nitrogens with zero attached hydrogens (tertiary/aromatic N) is 2. The van der Waals surface area contributed by atoms with E-state index < -0.39 is 10.0 Å². The third-order valence-corrected chi connectivity index (χ3v) is 7.43. The first-order valence-corrected chi connectivity index (χ1v) is 10.1. The molecule has 1 amide bonds. The zero-order valence-corrected chi connectivity index (χ0v) is 14.7. The van der Waals surface area contributed by atoms with E-state index in [0.717, 1.165) is 37.2 Å². The first-order chi connectivity index (χ1) is 11.4. The Labute approximate surface area is 142 Å². The lowest BCUT2D eigenvalue weighted by Gasteiger charge is -2.41. The summed E-state index contributed by atoms with van der Waals surface area (Å²) < 4.78 is 28.0. The van der Waals surface area contributed by atoms with Crippen molar-refractivity contribution >= 4 is 21.6 Å². The van der Waals surface area contributed by atoms with Crippen molar-refractivity contribution in [2.45, 2.75) is 49.6 Å². The number of hydrogen-bond donors (Lipinski definition) is 1. The number of benzene rings is 1. The van der Waals surface area contributed by atoms with Gasteiger partial charge in [0.2, 0.25) is 15.9 Å². The van der Waals surface area contributed by atoms with Gasteiger partial charge in [-0.25, -0.2) is 8.42 Å². The van der Waals surface area contributed by atoms with Crippen LogP contribution in [0.2, 0.25) is 0 Å². The molecule has 0 bridgehead atoms. The SMILES string of the molecule is C[C@H]1CN2CCC[C@@H]2CN1S(=O)(=O)c1ccc2c(c1)CCC(=O)N2. The highest BCUT2D eigenvalue weighted by molar-refractivity contribution is 7.89. The summed E-state index contributed by atoms with van der Waals surface area (Å²) in [6, 6.07) is 5.41. The van der Waals surface area contributed by atoms with Crippen molar-refractivity contribution in [1.29, 1.82) is 0 Å². The topological polar surface area (TPSA) is 69.7 Å². The maximum Gasteiger partial charge on any atom is 0.243 e. The van der Waals surface area contributed by atoms with Crippen molar-refractivity contribution in [1.82, 2.24) is 9.21 Å². The molecule has 2 fully saturated rings. The van der Waals surface area contributed by atoms with Crippen LogP contribution in [0.1, 0.15) is 31.7 Å². The number of amides is 1. The van der Waals surface area contributed by atoms with Gasteiger partial charge >= 0.3 is 0 Å². The number of anilines is 1. The van der Waals surface area contributed by atoms with Gasteiger partial charge in [-0.05, 0) is 56.5 Å². The minimum absolute atomic E-state index is 0.0101. The number of fused-ring (bicyclic) bond motifs is 2. The van der Waals surface area contributed by atoms with E-state index in [4.69, 9.17) is 0 Å². The van der Waals surface area contributed by atoms with Crippen LogP contribution < -0.4 is 5.32 Å². The van der Waals surface area contributed by atoms with Gasteiger partial charge in [-0.15, -0.1) is 0 Å². The molecule has 24 heavy (non-hydrogen) atoms. The van der Waals surface area contributed by atoms with E-state index in [1.807, 2.05) is 6.92 Å². The largest absolute Gasteiger partial charge is 0.326 e. The van der Waals surface area contributed by atoms with Gasteiger partial charge < -0.3 is 5.32 Å². The van der Waals surface area contributed by atoms with E-state index in [1.165, 1.54) is 0 Å². The Bertz CT molecular complexity index is 777. The molecule has 0 saturated carbocycles. The van der Waals surface area contributed by atoms with Crippen molar-refractivity contribution in [2.75, 3.05) is 25.0 Å². The quantitative estimate of drug-likeness (QED) is 0.877. The Kier molecular flexibility index (Phi) is 3.89. The molecule has 0 aliphatic carbocycles. The van der Waals surface area contributed by atoms with Gasteiger partial charge in [0.1, 0.15) is 0 Å². The molecule has 6 nitrogen and oxygen atoms in total. The minimum atomic E-state index is -3.50. The third kappa shape index (κ3) is 2.64. The van der Waals surface area contributed by atoms with Crippen molar-refractivity contribution in [3.63, 3.8) is 0 Å². The molecule has 1 N–H and O–H groups in total. The lowest BCUT2D eigenvalue weighted by atomic mass is 10.0. The molecule has 130 valence electrons. The van der Waals surface area contributed by atoms with E-state index in [0.29, 0.717) is 30.3 Å². The van der Waals surface area contributed by atoms with Gasteiger partial charge in [0.15, 0.2) is 0 Å². The maximum absolute atomic E-state index is 13.2. The number of sulfonamides is 1. The summed E-state index contributed by atoms with van der Waals surface area (Å²) in [6.07, 6.45) is 3.24. The summed E-state index contributed by atoms with van der Waals surface area (Å²) in [5.74, 6) is -0.0101. The van der Waals surface area contributed by atoms with Crippen LogP contribution in [0.4, 0.5) is 5.69 Å². The fraction of sp³-hybridized carbons (Fsp3) is 0.588. The Morgan fingerprint density at radius 1 is 1.21 bits per heavy atom. The maximum atomic E-state index is 13.2. The first kappa shape index (κ1) is 16.1. The summed E-state index contributed by atoms with van der Waals surface area (Å²) in [5.41, 5.74) is 1.64. The van der Waals surface area contributed by atoms with Crippen LogP contribution in [0.15, 0.2) is 23.1 Å². The number of hydrogen-bond acceptors (Lipinski definition) is 4. The summed E-state index contributed by atoms with van der Waals surface area (Å²) in [6.45, 7) is 4.47. The van der Waals surface area contributed by atoms with Crippen LogP contribution in [0.5, 0.6) is 0 Å². The van der Waals surface area contributed by atoms with Crippen molar-refractivity contribution in [3.05, 3.63) is 23.8 Å². The molecule has 0 radical (unpaired) electrons. The van der Waals surface area contributed by atoms with E-state index in [-0.39, 0.29) is 11.9 Å². The van der Waals surface area contributed by atoms with Crippen LogP contribution in [0.25, 0.3) is 0 Å². The predicted molar refractivity (Wildman–Crippen MR) is 91.3 cm³/mol. The fourth-order valence-electron chi connectivity index (χ4n) is 4.15. The van der Waals surface area contributed by atoms with E-state index in [9.17, 15) is 13.2 Å². The van der Waals surface area contributed by atoms with Crippen LogP contribution in [-0.4, -0.2) is 55.2 Å². The summed E-state index contributed by atoms with van der Waals surface area (Å²) in [7, 11) is -3.50. The number of carbonyl (C=O) groups excluding carboxylic acids is 1. The normalized spacial score (nSPS) is 28.3.